The number of likely N-dealkylation sites (tertiary alicyclic amines) is 1. The Morgan fingerprint density at radius 3 is 2.77 bits per heavy atom. The van der Waals surface area contributed by atoms with E-state index in [-0.39, 0.29) is 23.6 Å². The quantitative estimate of drug-likeness (QED) is 0.850. The van der Waals surface area contributed by atoms with Crippen molar-refractivity contribution in [2.75, 3.05) is 13.1 Å². The van der Waals surface area contributed by atoms with E-state index in [1.54, 1.807) is 24.2 Å². The molecule has 8 nitrogen and oxygen atoms in total. The van der Waals surface area contributed by atoms with Gasteiger partial charge in [-0.25, -0.2) is 4.79 Å². The maximum atomic E-state index is 12.7. The van der Waals surface area contributed by atoms with Crippen LogP contribution in [0, 0.1) is 0 Å². The molecular formula is C18H24N4O4. The minimum atomic E-state index is -0.548. The summed E-state index contributed by atoms with van der Waals surface area (Å²) in [6.07, 6.45) is 3.47. The molecule has 2 aromatic heterocycles. The molecule has 0 saturated carbocycles. The van der Waals surface area contributed by atoms with E-state index in [9.17, 15) is 14.4 Å². The van der Waals surface area contributed by atoms with Crippen molar-refractivity contribution in [3.8, 4) is 0 Å². The van der Waals surface area contributed by atoms with Crippen molar-refractivity contribution >= 4 is 22.9 Å². The molecule has 0 spiro atoms. The van der Waals surface area contributed by atoms with Gasteiger partial charge in [0.15, 0.2) is 0 Å². The van der Waals surface area contributed by atoms with Crippen LogP contribution in [0.3, 0.4) is 0 Å². The minimum Gasteiger partial charge on any atom is -0.444 e. The fraction of sp³-hybridized carbons (Fsp3) is 0.500. The van der Waals surface area contributed by atoms with Crippen LogP contribution in [0.2, 0.25) is 0 Å². The Balaban J connectivity index is 1.70. The highest BCUT2D eigenvalue weighted by Gasteiger charge is 2.31. The monoisotopic (exact) mass is 360 g/mol. The Hall–Kier alpha value is -2.77. The number of hydrogen-bond acceptors (Lipinski definition) is 4. The van der Waals surface area contributed by atoms with E-state index >= 15 is 0 Å². The highest BCUT2D eigenvalue weighted by molar-refractivity contribution is 6.06. The van der Waals surface area contributed by atoms with E-state index in [2.05, 4.69) is 10.3 Å². The van der Waals surface area contributed by atoms with Crippen molar-refractivity contribution in [3.63, 3.8) is 0 Å². The molecule has 3 heterocycles. The number of aromatic amines is 1. The average molecular weight is 360 g/mol. The van der Waals surface area contributed by atoms with Gasteiger partial charge in [-0.2, -0.15) is 0 Å². The van der Waals surface area contributed by atoms with Crippen molar-refractivity contribution in [3.05, 3.63) is 34.4 Å². The van der Waals surface area contributed by atoms with E-state index in [0.717, 1.165) is 0 Å². The number of amides is 2. The topological polar surface area (TPSA) is 96.4 Å². The highest BCUT2D eigenvalue weighted by atomic mass is 16.6. The van der Waals surface area contributed by atoms with Crippen LogP contribution >= 0.6 is 0 Å². The SMILES string of the molecule is Cn1cc(C(=O)NC2CCN(C(=O)OC(C)(C)C)C2)c2cc[nH]c2c1=O. The second-order valence-corrected chi connectivity index (χ2v) is 7.61. The molecule has 1 unspecified atom stereocenters. The molecule has 1 saturated heterocycles. The third kappa shape index (κ3) is 3.58. The maximum absolute atomic E-state index is 12.7. The number of carbonyl (C=O) groups excluding carboxylic acids is 2. The molecule has 0 aromatic carbocycles. The number of carbonyl (C=O) groups is 2. The first kappa shape index (κ1) is 18.0. The number of fused-ring (bicyclic) bond motifs is 1. The van der Waals surface area contributed by atoms with Crippen molar-refractivity contribution in [1.82, 2.24) is 19.8 Å². The molecule has 0 aliphatic carbocycles. The van der Waals surface area contributed by atoms with Gasteiger partial charge in [0.05, 0.1) is 5.56 Å². The highest BCUT2D eigenvalue weighted by Crippen LogP contribution is 2.17. The maximum Gasteiger partial charge on any atom is 0.410 e. The Labute approximate surface area is 151 Å². The van der Waals surface area contributed by atoms with Gasteiger partial charge in [0, 0.05) is 44.0 Å². The minimum absolute atomic E-state index is 0.152. The van der Waals surface area contributed by atoms with Crippen LogP contribution in [-0.2, 0) is 11.8 Å². The zero-order valence-electron chi connectivity index (χ0n) is 15.5. The zero-order valence-corrected chi connectivity index (χ0v) is 15.5. The summed E-state index contributed by atoms with van der Waals surface area (Å²) in [5.41, 5.74) is 0.104. The Kier molecular flexibility index (Phi) is 4.52. The van der Waals surface area contributed by atoms with Crippen LogP contribution in [0.25, 0.3) is 10.9 Å². The molecule has 1 atom stereocenters. The first-order valence-electron chi connectivity index (χ1n) is 8.61. The summed E-state index contributed by atoms with van der Waals surface area (Å²) >= 11 is 0. The largest absolute Gasteiger partial charge is 0.444 e. The number of aryl methyl sites for hydroxylation is 1. The van der Waals surface area contributed by atoms with Gasteiger partial charge in [-0.05, 0) is 33.3 Å². The van der Waals surface area contributed by atoms with Gasteiger partial charge in [0.1, 0.15) is 11.1 Å². The lowest BCUT2D eigenvalue weighted by molar-refractivity contribution is 0.0290. The molecule has 0 radical (unpaired) electrons. The Morgan fingerprint density at radius 1 is 1.35 bits per heavy atom. The first-order chi connectivity index (χ1) is 12.2. The molecule has 3 rings (SSSR count). The van der Waals surface area contributed by atoms with Crippen molar-refractivity contribution in [2.24, 2.45) is 7.05 Å². The molecule has 1 aliphatic heterocycles. The summed E-state index contributed by atoms with van der Waals surface area (Å²) in [6.45, 7) is 6.40. The van der Waals surface area contributed by atoms with Crippen LogP contribution in [0.4, 0.5) is 4.79 Å². The molecule has 2 aromatic rings. The number of pyridine rings is 1. The Morgan fingerprint density at radius 2 is 2.08 bits per heavy atom. The second kappa shape index (κ2) is 6.51. The van der Waals surface area contributed by atoms with Crippen LogP contribution in [0.1, 0.15) is 37.6 Å². The lowest BCUT2D eigenvalue weighted by Gasteiger charge is -2.24. The number of hydrogen-bond donors (Lipinski definition) is 2. The van der Waals surface area contributed by atoms with Gasteiger partial charge >= 0.3 is 6.09 Å². The normalized spacial score (nSPS) is 17.5. The smallest absolute Gasteiger partial charge is 0.410 e. The molecule has 140 valence electrons. The predicted molar refractivity (Wildman–Crippen MR) is 97.2 cm³/mol. The van der Waals surface area contributed by atoms with Gasteiger partial charge < -0.3 is 24.5 Å². The predicted octanol–water partition coefficient (Wildman–Crippen LogP) is 1.61. The third-order valence-electron chi connectivity index (χ3n) is 4.31. The van der Waals surface area contributed by atoms with Gasteiger partial charge in [0.25, 0.3) is 11.5 Å². The number of ether oxygens (including phenoxy) is 1. The Bertz CT molecular complexity index is 906. The van der Waals surface area contributed by atoms with Gasteiger partial charge in [-0.1, -0.05) is 0 Å². The van der Waals surface area contributed by atoms with Gasteiger partial charge in [-0.15, -0.1) is 0 Å². The number of nitrogens with zero attached hydrogens (tertiary/aromatic N) is 2. The number of rotatable bonds is 2. The summed E-state index contributed by atoms with van der Waals surface area (Å²) in [7, 11) is 1.61. The fourth-order valence-corrected chi connectivity index (χ4v) is 3.08. The molecule has 26 heavy (non-hydrogen) atoms. The number of nitrogens with one attached hydrogen (secondary N) is 2. The molecule has 0 bridgehead atoms. The van der Waals surface area contributed by atoms with E-state index in [1.807, 2.05) is 20.8 Å². The van der Waals surface area contributed by atoms with E-state index < -0.39 is 5.60 Å². The summed E-state index contributed by atoms with van der Waals surface area (Å²) in [5, 5.41) is 3.54. The zero-order chi connectivity index (χ0) is 19.1. The van der Waals surface area contributed by atoms with Crippen LogP contribution in [0.5, 0.6) is 0 Å². The molecule has 2 N–H and O–H groups in total. The summed E-state index contributed by atoms with van der Waals surface area (Å²) < 4.78 is 6.75. The second-order valence-electron chi connectivity index (χ2n) is 7.61. The van der Waals surface area contributed by atoms with Gasteiger partial charge in [-0.3, -0.25) is 9.59 Å². The summed E-state index contributed by atoms with van der Waals surface area (Å²) in [4.78, 5) is 41.4. The molecule has 1 fully saturated rings. The van der Waals surface area contributed by atoms with Crippen LogP contribution in [0.15, 0.2) is 23.3 Å². The standard InChI is InChI=1S/C18H24N4O4/c1-18(2,3)26-17(25)22-8-6-11(9-22)20-15(23)13-10-21(4)16(24)14-12(13)5-7-19-14/h5,7,10-11,19H,6,8-9H2,1-4H3,(H,20,23). The van der Waals surface area contributed by atoms with Gasteiger partial charge in [0.2, 0.25) is 0 Å². The molecular weight excluding hydrogens is 336 g/mol. The molecule has 2 amide bonds. The average Bonchev–Trinajstić information content (AvgIpc) is 3.18. The first-order valence-corrected chi connectivity index (χ1v) is 8.61. The summed E-state index contributed by atoms with van der Waals surface area (Å²) in [6, 6.07) is 1.56. The van der Waals surface area contributed by atoms with Crippen LogP contribution in [-0.4, -0.2) is 51.2 Å². The number of H-pyrrole nitrogens is 1. The fourth-order valence-electron chi connectivity index (χ4n) is 3.08. The van der Waals surface area contributed by atoms with Crippen LogP contribution < -0.4 is 10.9 Å². The summed E-state index contributed by atoms with van der Waals surface area (Å²) in [5.74, 6) is -0.263. The molecule has 8 heteroatoms. The van der Waals surface area contributed by atoms with Crippen molar-refractivity contribution < 1.29 is 14.3 Å². The van der Waals surface area contributed by atoms with Crippen molar-refractivity contribution in [2.45, 2.75) is 38.8 Å². The van der Waals surface area contributed by atoms with Crippen molar-refractivity contribution in [1.29, 1.82) is 0 Å². The molecule has 1 aliphatic rings. The third-order valence-corrected chi connectivity index (χ3v) is 4.31. The lowest BCUT2D eigenvalue weighted by atomic mass is 10.1. The van der Waals surface area contributed by atoms with E-state index in [4.69, 9.17) is 4.74 Å². The van der Waals surface area contributed by atoms with E-state index in [1.165, 1.54) is 10.8 Å². The van der Waals surface area contributed by atoms with E-state index in [0.29, 0.717) is 36.0 Å². The number of aromatic nitrogens is 2. The lowest BCUT2D eigenvalue weighted by Crippen LogP contribution is -2.40.